The maximum absolute atomic E-state index is 3.52. The molecule has 0 fully saturated rings. The molecular weight excluding hydrogens is 212 g/mol. The van der Waals surface area contributed by atoms with Crippen LogP contribution in [0.4, 0.5) is 0 Å². The summed E-state index contributed by atoms with van der Waals surface area (Å²) < 4.78 is 1.20. The first-order valence-electron chi connectivity index (χ1n) is 4.07. The molecule has 0 saturated carbocycles. The van der Waals surface area contributed by atoms with Crippen LogP contribution in [0.15, 0.2) is 40.4 Å². The topological polar surface area (TPSA) is 0 Å². The van der Waals surface area contributed by atoms with E-state index >= 15 is 0 Å². The highest BCUT2D eigenvalue weighted by molar-refractivity contribution is 9.10. The van der Waals surface area contributed by atoms with Crippen LogP contribution >= 0.6 is 15.9 Å². The number of hydrogen-bond donors (Lipinski definition) is 0. The highest BCUT2D eigenvalue weighted by Gasteiger charge is 1.94. The molecule has 1 rings (SSSR count). The molecule has 0 aliphatic heterocycles. The lowest BCUT2D eigenvalue weighted by atomic mass is 10.1. The average Bonchev–Trinajstić information content (AvgIpc) is 2.03. The number of rotatable bonds is 2. The van der Waals surface area contributed by atoms with E-state index < -0.39 is 0 Å². The van der Waals surface area contributed by atoms with Crippen molar-refractivity contribution in [3.8, 4) is 0 Å². The molecule has 1 aromatic rings. The Balaban J connectivity index is 2.76. The molecule has 0 heterocycles. The van der Waals surface area contributed by atoms with Gasteiger partial charge in [-0.25, -0.2) is 0 Å². The monoisotopic (exact) mass is 224 g/mol. The Morgan fingerprint density at radius 3 is 2.58 bits per heavy atom. The van der Waals surface area contributed by atoms with Gasteiger partial charge in [0.2, 0.25) is 0 Å². The molecule has 1 heteroatoms. The van der Waals surface area contributed by atoms with Gasteiger partial charge >= 0.3 is 0 Å². The smallest absolute Gasteiger partial charge is 0.0210 e. The van der Waals surface area contributed by atoms with Crippen LogP contribution < -0.4 is 0 Å². The molecule has 64 valence electrons. The van der Waals surface area contributed by atoms with Crippen LogP contribution in [0.5, 0.6) is 0 Å². The predicted molar refractivity (Wildman–Crippen MR) is 57.3 cm³/mol. The van der Waals surface area contributed by atoms with Gasteiger partial charge in [-0.1, -0.05) is 45.8 Å². The van der Waals surface area contributed by atoms with Gasteiger partial charge < -0.3 is 0 Å². The SMILES string of the molecule is CC(C)=CCc1ccccc1Br. The summed E-state index contributed by atoms with van der Waals surface area (Å²) in [5.41, 5.74) is 2.71. The zero-order chi connectivity index (χ0) is 8.97. The van der Waals surface area contributed by atoms with E-state index in [1.54, 1.807) is 0 Å². The van der Waals surface area contributed by atoms with Gasteiger partial charge in [0.15, 0.2) is 0 Å². The molecule has 0 atom stereocenters. The molecule has 0 aromatic heterocycles. The maximum Gasteiger partial charge on any atom is 0.0210 e. The van der Waals surface area contributed by atoms with Crippen molar-refractivity contribution >= 4 is 15.9 Å². The van der Waals surface area contributed by atoms with Gasteiger partial charge in [0.05, 0.1) is 0 Å². The molecule has 12 heavy (non-hydrogen) atoms. The summed E-state index contributed by atoms with van der Waals surface area (Å²) in [7, 11) is 0. The fourth-order valence-electron chi connectivity index (χ4n) is 0.978. The van der Waals surface area contributed by atoms with E-state index in [0.29, 0.717) is 0 Å². The van der Waals surface area contributed by atoms with E-state index in [2.05, 4.69) is 54.1 Å². The molecule has 0 N–H and O–H groups in total. The van der Waals surface area contributed by atoms with Crippen molar-refractivity contribution in [1.82, 2.24) is 0 Å². The van der Waals surface area contributed by atoms with Crippen LogP contribution in [-0.4, -0.2) is 0 Å². The Bertz CT molecular complexity index is 283. The standard InChI is InChI=1S/C11H13Br/c1-9(2)7-8-10-5-3-4-6-11(10)12/h3-7H,8H2,1-2H3. The van der Waals surface area contributed by atoms with Crippen LogP contribution in [-0.2, 0) is 6.42 Å². The summed E-state index contributed by atoms with van der Waals surface area (Å²) in [5.74, 6) is 0. The van der Waals surface area contributed by atoms with Crippen molar-refractivity contribution in [3.05, 3.63) is 46.0 Å². The third-order valence-electron chi connectivity index (χ3n) is 1.69. The lowest BCUT2D eigenvalue weighted by molar-refractivity contribution is 1.20. The van der Waals surface area contributed by atoms with E-state index in [9.17, 15) is 0 Å². The van der Waals surface area contributed by atoms with E-state index in [4.69, 9.17) is 0 Å². The summed E-state index contributed by atoms with van der Waals surface area (Å²) in [6.45, 7) is 4.24. The maximum atomic E-state index is 3.52. The molecule has 0 nitrogen and oxygen atoms in total. The van der Waals surface area contributed by atoms with Gasteiger partial charge in [-0.3, -0.25) is 0 Å². The average molecular weight is 225 g/mol. The molecule has 0 bridgehead atoms. The van der Waals surface area contributed by atoms with E-state index in [1.807, 2.05) is 6.07 Å². The minimum atomic E-state index is 1.02. The van der Waals surface area contributed by atoms with E-state index in [0.717, 1.165) is 6.42 Å². The third kappa shape index (κ3) is 2.82. The molecule has 0 unspecified atom stereocenters. The second-order valence-corrected chi connectivity index (χ2v) is 3.93. The zero-order valence-corrected chi connectivity index (χ0v) is 9.06. The van der Waals surface area contributed by atoms with Gasteiger partial charge in [0.1, 0.15) is 0 Å². The number of halogens is 1. The fourth-order valence-corrected chi connectivity index (χ4v) is 1.42. The van der Waals surface area contributed by atoms with Crippen molar-refractivity contribution in [2.24, 2.45) is 0 Å². The molecule has 0 aliphatic rings. The first-order valence-corrected chi connectivity index (χ1v) is 4.86. The lowest BCUT2D eigenvalue weighted by Gasteiger charge is -1.99. The van der Waals surface area contributed by atoms with Gasteiger partial charge in [-0.2, -0.15) is 0 Å². The molecule has 1 aromatic carbocycles. The minimum Gasteiger partial charge on any atom is -0.0814 e. The predicted octanol–water partition coefficient (Wildman–Crippen LogP) is 3.96. The minimum absolute atomic E-state index is 1.02. The van der Waals surface area contributed by atoms with Crippen LogP contribution in [0, 0.1) is 0 Å². The molecule has 0 radical (unpaired) electrons. The summed E-state index contributed by atoms with van der Waals surface area (Å²) >= 11 is 3.52. The lowest BCUT2D eigenvalue weighted by Crippen LogP contribution is -1.82. The first-order chi connectivity index (χ1) is 5.70. The molecule has 0 aliphatic carbocycles. The Morgan fingerprint density at radius 2 is 2.00 bits per heavy atom. The Kier molecular flexibility index (Phi) is 3.54. The summed E-state index contributed by atoms with van der Waals surface area (Å²) in [6.07, 6.45) is 3.25. The summed E-state index contributed by atoms with van der Waals surface area (Å²) in [6, 6.07) is 8.33. The van der Waals surface area contributed by atoms with E-state index in [-0.39, 0.29) is 0 Å². The van der Waals surface area contributed by atoms with Crippen LogP contribution in [0.1, 0.15) is 19.4 Å². The first kappa shape index (κ1) is 9.53. The van der Waals surface area contributed by atoms with Crippen molar-refractivity contribution in [2.45, 2.75) is 20.3 Å². The number of hydrogen-bond acceptors (Lipinski definition) is 0. The Morgan fingerprint density at radius 1 is 1.33 bits per heavy atom. The summed E-state index contributed by atoms with van der Waals surface area (Å²) in [4.78, 5) is 0. The number of benzene rings is 1. The summed E-state index contributed by atoms with van der Waals surface area (Å²) in [5, 5.41) is 0. The van der Waals surface area contributed by atoms with Gasteiger partial charge in [0.25, 0.3) is 0 Å². The quantitative estimate of drug-likeness (QED) is 0.668. The molecular formula is C11H13Br. The van der Waals surface area contributed by atoms with Crippen LogP contribution in [0.25, 0.3) is 0 Å². The van der Waals surface area contributed by atoms with Crippen molar-refractivity contribution in [1.29, 1.82) is 0 Å². The fraction of sp³-hybridized carbons (Fsp3) is 0.273. The Hall–Kier alpha value is -0.560. The molecule has 0 amide bonds. The van der Waals surface area contributed by atoms with Gasteiger partial charge in [-0.05, 0) is 31.9 Å². The largest absolute Gasteiger partial charge is 0.0814 e. The van der Waals surface area contributed by atoms with Gasteiger partial charge in [0, 0.05) is 4.47 Å². The van der Waals surface area contributed by atoms with Crippen molar-refractivity contribution in [2.75, 3.05) is 0 Å². The third-order valence-corrected chi connectivity index (χ3v) is 2.46. The highest BCUT2D eigenvalue weighted by atomic mass is 79.9. The van der Waals surface area contributed by atoms with Crippen molar-refractivity contribution in [3.63, 3.8) is 0 Å². The van der Waals surface area contributed by atoms with Crippen LogP contribution in [0.3, 0.4) is 0 Å². The molecule has 0 saturated heterocycles. The second-order valence-electron chi connectivity index (χ2n) is 3.08. The highest BCUT2D eigenvalue weighted by Crippen LogP contribution is 2.16. The van der Waals surface area contributed by atoms with E-state index in [1.165, 1.54) is 15.6 Å². The molecule has 0 spiro atoms. The Labute approximate surface area is 82.4 Å². The van der Waals surface area contributed by atoms with Crippen LogP contribution in [0.2, 0.25) is 0 Å². The van der Waals surface area contributed by atoms with Gasteiger partial charge in [-0.15, -0.1) is 0 Å². The second kappa shape index (κ2) is 4.46. The normalized spacial score (nSPS) is 9.58. The number of allylic oxidation sites excluding steroid dienone is 2. The van der Waals surface area contributed by atoms with Crippen molar-refractivity contribution < 1.29 is 0 Å². The zero-order valence-electron chi connectivity index (χ0n) is 7.47.